The van der Waals surface area contributed by atoms with Crippen LogP contribution in [0.25, 0.3) is 0 Å². The van der Waals surface area contributed by atoms with E-state index in [-0.39, 0.29) is 23.5 Å². The van der Waals surface area contributed by atoms with Crippen LogP contribution in [0.4, 0.5) is 11.4 Å². The minimum absolute atomic E-state index is 0.0823. The lowest BCUT2D eigenvalue weighted by Gasteiger charge is -2.31. The predicted octanol–water partition coefficient (Wildman–Crippen LogP) is 1.78. The molecule has 0 aliphatic carbocycles. The van der Waals surface area contributed by atoms with Gasteiger partial charge in [-0.2, -0.15) is 4.31 Å². The van der Waals surface area contributed by atoms with Gasteiger partial charge in [-0.15, -0.1) is 6.42 Å². The zero-order chi connectivity index (χ0) is 22.6. The molecule has 168 valence electrons. The number of nitrogens with one attached hydrogen (secondary N) is 1. The van der Waals surface area contributed by atoms with Crippen molar-refractivity contribution in [2.24, 2.45) is 0 Å². The Hall–Kier alpha value is -2.90. The van der Waals surface area contributed by atoms with E-state index in [1.165, 1.54) is 10.4 Å². The van der Waals surface area contributed by atoms with E-state index in [2.05, 4.69) is 11.2 Å². The fourth-order valence-corrected chi connectivity index (χ4v) is 5.19. The first-order valence-corrected chi connectivity index (χ1v) is 11.9. The van der Waals surface area contributed by atoms with Gasteiger partial charge in [-0.1, -0.05) is 12.0 Å². The molecule has 0 unspecified atom stereocenters. The molecule has 2 aliphatic heterocycles. The van der Waals surface area contributed by atoms with Crippen LogP contribution < -0.4 is 10.2 Å². The number of hydrogen-bond donors (Lipinski definition) is 1. The highest BCUT2D eigenvalue weighted by molar-refractivity contribution is 7.89. The summed E-state index contributed by atoms with van der Waals surface area (Å²) in [5.74, 6) is 2.14. The summed E-state index contributed by atoms with van der Waals surface area (Å²) in [4.78, 5) is 15.4. The second kappa shape index (κ2) is 9.71. The molecule has 0 radical (unpaired) electrons. The lowest BCUT2D eigenvalue weighted by atomic mass is 10.1. The van der Waals surface area contributed by atoms with E-state index in [1.54, 1.807) is 36.4 Å². The molecular weight excluding hydrogens is 430 g/mol. The lowest BCUT2D eigenvalue weighted by molar-refractivity contribution is 0.0730. The summed E-state index contributed by atoms with van der Waals surface area (Å²) in [5.41, 5.74) is 2.13. The average molecular weight is 456 g/mol. The molecule has 2 heterocycles. The molecule has 4 rings (SSSR count). The molecule has 2 aliphatic rings. The van der Waals surface area contributed by atoms with Crippen LogP contribution in [-0.4, -0.2) is 71.2 Å². The third-order valence-electron chi connectivity index (χ3n) is 5.46. The fraction of sp³-hybridized carbons (Fsp3) is 0.348. The standard InChI is InChI=1S/C23H25N3O5S/c1-2-18-4-3-5-19(16-18)24-23(27)21-17-20(32(28,29)26-10-14-31-15-11-26)6-7-22(21)25-8-12-30-13-9-25/h1,3-7,16-17H,8-15H2,(H,24,27). The molecule has 0 spiro atoms. The van der Waals surface area contributed by atoms with Crippen LogP contribution in [0.3, 0.4) is 0 Å². The van der Waals surface area contributed by atoms with E-state index in [0.29, 0.717) is 56.5 Å². The summed E-state index contributed by atoms with van der Waals surface area (Å²) < 4.78 is 38.4. The molecule has 1 N–H and O–H groups in total. The van der Waals surface area contributed by atoms with Gasteiger partial charge in [-0.3, -0.25) is 4.79 Å². The number of carbonyl (C=O) groups excluding carboxylic acids is 1. The maximum atomic E-state index is 13.3. The van der Waals surface area contributed by atoms with Crippen LogP contribution in [0.2, 0.25) is 0 Å². The van der Waals surface area contributed by atoms with Gasteiger partial charge in [0.1, 0.15) is 0 Å². The van der Waals surface area contributed by atoms with Gasteiger partial charge in [0, 0.05) is 43.1 Å². The Morgan fingerprint density at radius 2 is 1.66 bits per heavy atom. The Balaban J connectivity index is 1.70. The SMILES string of the molecule is C#Cc1cccc(NC(=O)c2cc(S(=O)(=O)N3CCOCC3)ccc2N2CCOCC2)c1. The van der Waals surface area contributed by atoms with Gasteiger partial charge in [0.2, 0.25) is 10.0 Å². The number of carbonyl (C=O) groups is 1. The molecule has 0 saturated carbocycles. The first-order valence-electron chi connectivity index (χ1n) is 10.4. The van der Waals surface area contributed by atoms with Gasteiger partial charge in [0.15, 0.2) is 0 Å². The number of sulfonamides is 1. The van der Waals surface area contributed by atoms with Crippen LogP contribution in [-0.2, 0) is 19.5 Å². The van der Waals surface area contributed by atoms with E-state index in [4.69, 9.17) is 15.9 Å². The van der Waals surface area contributed by atoms with E-state index in [0.717, 1.165) is 0 Å². The number of amides is 1. The van der Waals surface area contributed by atoms with Gasteiger partial charge in [-0.05, 0) is 36.4 Å². The minimum atomic E-state index is -3.75. The topological polar surface area (TPSA) is 88.2 Å². The number of nitrogens with zero attached hydrogens (tertiary/aromatic N) is 2. The molecule has 1 amide bonds. The fourth-order valence-electron chi connectivity index (χ4n) is 3.76. The smallest absolute Gasteiger partial charge is 0.257 e. The average Bonchev–Trinajstić information content (AvgIpc) is 2.85. The molecule has 2 aromatic rings. The Bertz CT molecular complexity index is 1130. The third kappa shape index (κ3) is 4.79. The van der Waals surface area contributed by atoms with Crippen LogP contribution in [0, 0.1) is 12.3 Å². The number of terminal acetylenes is 1. The summed E-state index contributed by atoms with van der Waals surface area (Å²) in [7, 11) is -3.75. The Morgan fingerprint density at radius 3 is 2.34 bits per heavy atom. The van der Waals surface area contributed by atoms with Crippen LogP contribution in [0.1, 0.15) is 15.9 Å². The quantitative estimate of drug-likeness (QED) is 0.692. The van der Waals surface area contributed by atoms with Crippen molar-refractivity contribution in [3.05, 3.63) is 53.6 Å². The summed E-state index contributed by atoms with van der Waals surface area (Å²) >= 11 is 0. The van der Waals surface area contributed by atoms with Gasteiger partial charge in [0.05, 0.1) is 36.9 Å². The number of benzene rings is 2. The second-order valence-electron chi connectivity index (χ2n) is 7.47. The Labute approximate surface area is 188 Å². The van der Waals surface area contributed by atoms with E-state index < -0.39 is 15.9 Å². The van der Waals surface area contributed by atoms with Crippen LogP contribution in [0.15, 0.2) is 47.4 Å². The van der Waals surface area contributed by atoms with Gasteiger partial charge >= 0.3 is 0 Å². The second-order valence-corrected chi connectivity index (χ2v) is 9.41. The number of ether oxygens (including phenoxy) is 2. The summed E-state index contributed by atoms with van der Waals surface area (Å²) in [6, 6.07) is 11.7. The number of morpholine rings is 2. The maximum absolute atomic E-state index is 13.3. The molecule has 0 bridgehead atoms. The van der Waals surface area contributed by atoms with Gasteiger partial charge in [0.25, 0.3) is 5.91 Å². The maximum Gasteiger partial charge on any atom is 0.257 e. The first kappa shape index (κ1) is 22.3. The largest absolute Gasteiger partial charge is 0.379 e. The molecular formula is C23H25N3O5S. The normalized spacial score (nSPS) is 17.5. The molecule has 2 saturated heterocycles. The van der Waals surface area contributed by atoms with Crippen molar-refractivity contribution in [1.82, 2.24) is 4.31 Å². The van der Waals surface area contributed by atoms with Crippen molar-refractivity contribution in [3.8, 4) is 12.3 Å². The van der Waals surface area contributed by atoms with Gasteiger partial charge < -0.3 is 19.7 Å². The van der Waals surface area contributed by atoms with Crippen molar-refractivity contribution in [2.75, 3.05) is 62.8 Å². The van der Waals surface area contributed by atoms with Crippen molar-refractivity contribution < 1.29 is 22.7 Å². The summed E-state index contributed by atoms with van der Waals surface area (Å²) in [6.45, 7) is 3.58. The Kier molecular flexibility index (Phi) is 6.77. The van der Waals surface area contributed by atoms with Crippen molar-refractivity contribution in [1.29, 1.82) is 0 Å². The number of hydrogen-bond acceptors (Lipinski definition) is 6. The predicted molar refractivity (Wildman–Crippen MR) is 121 cm³/mol. The zero-order valence-electron chi connectivity index (χ0n) is 17.6. The Morgan fingerprint density at radius 1 is 0.969 bits per heavy atom. The van der Waals surface area contributed by atoms with E-state index in [9.17, 15) is 13.2 Å². The molecule has 0 atom stereocenters. The summed E-state index contributed by atoms with van der Waals surface area (Å²) in [6.07, 6.45) is 5.46. The van der Waals surface area contributed by atoms with E-state index in [1.807, 2.05) is 4.90 Å². The monoisotopic (exact) mass is 455 g/mol. The van der Waals surface area contributed by atoms with Crippen LogP contribution >= 0.6 is 0 Å². The van der Waals surface area contributed by atoms with Crippen molar-refractivity contribution in [3.63, 3.8) is 0 Å². The molecule has 2 aromatic carbocycles. The molecule has 8 nitrogen and oxygen atoms in total. The van der Waals surface area contributed by atoms with E-state index >= 15 is 0 Å². The highest BCUT2D eigenvalue weighted by Gasteiger charge is 2.29. The molecule has 0 aromatic heterocycles. The van der Waals surface area contributed by atoms with Crippen LogP contribution in [0.5, 0.6) is 0 Å². The number of anilines is 2. The third-order valence-corrected chi connectivity index (χ3v) is 7.35. The highest BCUT2D eigenvalue weighted by Crippen LogP contribution is 2.28. The van der Waals surface area contributed by atoms with Gasteiger partial charge in [-0.25, -0.2) is 8.42 Å². The zero-order valence-corrected chi connectivity index (χ0v) is 18.4. The van der Waals surface area contributed by atoms with Crippen molar-refractivity contribution >= 4 is 27.3 Å². The lowest BCUT2D eigenvalue weighted by Crippen LogP contribution is -2.41. The molecule has 2 fully saturated rings. The van der Waals surface area contributed by atoms with Crippen molar-refractivity contribution in [2.45, 2.75) is 4.90 Å². The number of rotatable bonds is 5. The summed E-state index contributed by atoms with van der Waals surface area (Å²) in [5, 5.41) is 2.85. The first-order chi connectivity index (χ1) is 15.5. The molecule has 32 heavy (non-hydrogen) atoms. The minimum Gasteiger partial charge on any atom is -0.379 e. The molecule has 9 heteroatoms. The highest BCUT2D eigenvalue weighted by atomic mass is 32.2.